The highest BCUT2D eigenvalue weighted by Crippen LogP contribution is 2.16. The number of methoxy groups -OCH3 is 1. The van der Waals surface area contributed by atoms with E-state index < -0.39 is 0 Å². The van der Waals surface area contributed by atoms with Gasteiger partial charge in [-0.1, -0.05) is 0 Å². The highest BCUT2D eigenvalue weighted by atomic mass is 16.5. The third kappa shape index (κ3) is 2.45. The maximum absolute atomic E-state index is 11.8. The molecule has 0 saturated heterocycles. The zero-order valence-corrected chi connectivity index (χ0v) is 9.56. The van der Waals surface area contributed by atoms with Crippen molar-refractivity contribution in [1.82, 2.24) is 9.97 Å². The van der Waals surface area contributed by atoms with Gasteiger partial charge in [-0.15, -0.1) is 0 Å². The standard InChI is InChI=1S/C12H14N2O3/c1-17-8-4-5-10-9(7-8)12(16)14-11(13-10)3-2-6-15/h4-5,7,15H,2-3,6H2,1H3,(H,13,14,16). The van der Waals surface area contributed by atoms with Gasteiger partial charge in [0.1, 0.15) is 11.6 Å². The summed E-state index contributed by atoms with van der Waals surface area (Å²) < 4.78 is 5.06. The van der Waals surface area contributed by atoms with E-state index in [1.807, 2.05) is 0 Å². The minimum Gasteiger partial charge on any atom is -0.497 e. The van der Waals surface area contributed by atoms with Gasteiger partial charge in [0.25, 0.3) is 5.56 Å². The number of ether oxygens (including phenoxy) is 1. The summed E-state index contributed by atoms with van der Waals surface area (Å²) in [7, 11) is 1.55. The van der Waals surface area contributed by atoms with Gasteiger partial charge >= 0.3 is 0 Å². The first-order valence-electron chi connectivity index (χ1n) is 5.42. The molecule has 1 aromatic carbocycles. The van der Waals surface area contributed by atoms with E-state index in [-0.39, 0.29) is 12.2 Å². The van der Waals surface area contributed by atoms with Gasteiger partial charge < -0.3 is 14.8 Å². The molecule has 0 aliphatic carbocycles. The fourth-order valence-corrected chi connectivity index (χ4v) is 1.66. The Hall–Kier alpha value is -1.88. The number of aliphatic hydroxyl groups is 1. The minimum atomic E-state index is -0.179. The highest BCUT2D eigenvalue weighted by molar-refractivity contribution is 5.79. The van der Waals surface area contributed by atoms with E-state index in [1.54, 1.807) is 25.3 Å². The number of aromatic amines is 1. The van der Waals surface area contributed by atoms with Crippen LogP contribution in [0.2, 0.25) is 0 Å². The number of aryl methyl sites for hydroxylation is 1. The quantitative estimate of drug-likeness (QED) is 0.822. The Morgan fingerprint density at radius 1 is 1.47 bits per heavy atom. The molecular weight excluding hydrogens is 220 g/mol. The van der Waals surface area contributed by atoms with Gasteiger partial charge in [0, 0.05) is 13.0 Å². The molecule has 0 aliphatic heterocycles. The molecule has 5 nitrogen and oxygen atoms in total. The van der Waals surface area contributed by atoms with E-state index in [9.17, 15) is 4.79 Å². The van der Waals surface area contributed by atoms with E-state index in [0.717, 1.165) is 0 Å². The molecular formula is C12H14N2O3. The lowest BCUT2D eigenvalue weighted by atomic mass is 10.2. The second kappa shape index (κ2) is 4.97. The van der Waals surface area contributed by atoms with E-state index >= 15 is 0 Å². The van der Waals surface area contributed by atoms with Crippen LogP contribution in [0.4, 0.5) is 0 Å². The summed E-state index contributed by atoms with van der Waals surface area (Å²) in [6.07, 6.45) is 1.15. The van der Waals surface area contributed by atoms with E-state index in [4.69, 9.17) is 9.84 Å². The number of nitrogens with one attached hydrogen (secondary N) is 1. The molecule has 0 amide bonds. The van der Waals surface area contributed by atoms with Crippen LogP contribution in [-0.4, -0.2) is 28.8 Å². The fraction of sp³-hybridized carbons (Fsp3) is 0.333. The number of aromatic nitrogens is 2. The van der Waals surface area contributed by atoms with Crippen molar-refractivity contribution in [3.05, 3.63) is 34.4 Å². The molecule has 0 unspecified atom stereocenters. The average molecular weight is 234 g/mol. The molecule has 2 rings (SSSR count). The van der Waals surface area contributed by atoms with Gasteiger partial charge in [-0.2, -0.15) is 0 Å². The van der Waals surface area contributed by atoms with Crippen LogP contribution in [-0.2, 0) is 6.42 Å². The summed E-state index contributed by atoms with van der Waals surface area (Å²) in [5.74, 6) is 1.23. The van der Waals surface area contributed by atoms with Crippen LogP contribution in [0.5, 0.6) is 5.75 Å². The molecule has 2 aromatic rings. The predicted molar refractivity (Wildman–Crippen MR) is 64.3 cm³/mol. The number of rotatable bonds is 4. The Morgan fingerprint density at radius 2 is 2.29 bits per heavy atom. The van der Waals surface area contributed by atoms with Crippen LogP contribution in [0.3, 0.4) is 0 Å². The molecule has 0 bridgehead atoms. The smallest absolute Gasteiger partial charge is 0.258 e. The largest absolute Gasteiger partial charge is 0.497 e. The molecule has 0 spiro atoms. The van der Waals surface area contributed by atoms with Gasteiger partial charge in [-0.3, -0.25) is 4.79 Å². The molecule has 0 atom stereocenters. The van der Waals surface area contributed by atoms with Crippen molar-refractivity contribution in [1.29, 1.82) is 0 Å². The predicted octanol–water partition coefficient (Wildman–Crippen LogP) is 0.857. The Labute approximate surface area is 98.1 Å². The second-order valence-corrected chi connectivity index (χ2v) is 3.72. The SMILES string of the molecule is COc1ccc2nc(CCCO)[nH]c(=O)c2c1. The summed E-state index contributed by atoms with van der Waals surface area (Å²) in [5.41, 5.74) is 0.462. The van der Waals surface area contributed by atoms with Gasteiger partial charge in [0.2, 0.25) is 0 Å². The maximum Gasteiger partial charge on any atom is 0.258 e. The second-order valence-electron chi connectivity index (χ2n) is 3.72. The van der Waals surface area contributed by atoms with Gasteiger partial charge in [-0.25, -0.2) is 4.98 Å². The first kappa shape index (κ1) is 11.6. The lowest BCUT2D eigenvalue weighted by Crippen LogP contribution is -2.12. The molecule has 0 saturated carbocycles. The van der Waals surface area contributed by atoms with E-state index in [2.05, 4.69) is 9.97 Å². The Bertz CT molecular complexity index is 577. The van der Waals surface area contributed by atoms with E-state index in [0.29, 0.717) is 35.3 Å². The van der Waals surface area contributed by atoms with Crippen LogP contribution >= 0.6 is 0 Å². The van der Waals surface area contributed by atoms with Crippen molar-refractivity contribution < 1.29 is 9.84 Å². The van der Waals surface area contributed by atoms with Crippen LogP contribution in [0.15, 0.2) is 23.0 Å². The number of fused-ring (bicyclic) bond motifs is 1. The van der Waals surface area contributed by atoms with Crippen molar-refractivity contribution in [2.75, 3.05) is 13.7 Å². The molecule has 17 heavy (non-hydrogen) atoms. The zero-order valence-electron chi connectivity index (χ0n) is 9.56. The number of hydrogen-bond acceptors (Lipinski definition) is 4. The number of aliphatic hydroxyl groups excluding tert-OH is 1. The third-order valence-corrected chi connectivity index (χ3v) is 2.53. The third-order valence-electron chi connectivity index (χ3n) is 2.53. The van der Waals surface area contributed by atoms with E-state index in [1.165, 1.54) is 0 Å². The van der Waals surface area contributed by atoms with Crippen LogP contribution < -0.4 is 10.3 Å². The van der Waals surface area contributed by atoms with Crippen LogP contribution in [0.25, 0.3) is 10.9 Å². The number of nitrogens with zero attached hydrogens (tertiary/aromatic N) is 1. The normalized spacial score (nSPS) is 10.7. The van der Waals surface area contributed by atoms with Gasteiger partial charge in [0.05, 0.1) is 18.0 Å². The van der Waals surface area contributed by atoms with Crippen molar-refractivity contribution in [2.45, 2.75) is 12.8 Å². The average Bonchev–Trinajstić information content (AvgIpc) is 2.36. The molecule has 0 fully saturated rings. The minimum absolute atomic E-state index is 0.0877. The molecule has 90 valence electrons. The molecule has 1 aromatic heterocycles. The van der Waals surface area contributed by atoms with Crippen molar-refractivity contribution in [2.24, 2.45) is 0 Å². The summed E-state index contributed by atoms with van der Waals surface area (Å²) in [6, 6.07) is 5.19. The summed E-state index contributed by atoms with van der Waals surface area (Å²) >= 11 is 0. The first-order chi connectivity index (χ1) is 8.24. The first-order valence-corrected chi connectivity index (χ1v) is 5.42. The van der Waals surface area contributed by atoms with Crippen molar-refractivity contribution in [3.8, 4) is 5.75 Å². The maximum atomic E-state index is 11.8. The Kier molecular flexibility index (Phi) is 3.39. The van der Waals surface area contributed by atoms with Crippen molar-refractivity contribution >= 4 is 10.9 Å². The number of benzene rings is 1. The Balaban J connectivity index is 2.48. The molecule has 2 N–H and O–H groups in total. The fourth-order valence-electron chi connectivity index (χ4n) is 1.66. The molecule has 5 heteroatoms. The lowest BCUT2D eigenvalue weighted by Gasteiger charge is -2.04. The number of H-pyrrole nitrogens is 1. The van der Waals surface area contributed by atoms with Crippen LogP contribution in [0, 0.1) is 0 Å². The summed E-state index contributed by atoms with van der Waals surface area (Å²) in [5, 5.41) is 9.25. The zero-order chi connectivity index (χ0) is 12.3. The Morgan fingerprint density at radius 3 is 3.00 bits per heavy atom. The molecule has 0 aliphatic rings. The van der Waals surface area contributed by atoms with Gasteiger partial charge in [-0.05, 0) is 24.6 Å². The van der Waals surface area contributed by atoms with Crippen LogP contribution in [0.1, 0.15) is 12.2 Å². The highest BCUT2D eigenvalue weighted by Gasteiger charge is 2.05. The summed E-state index contributed by atoms with van der Waals surface area (Å²) in [4.78, 5) is 18.8. The topological polar surface area (TPSA) is 75.2 Å². The van der Waals surface area contributed by atoms with Gasteiger partial charge in [0.15, 0.2) is 0 Å². The van der Waals surface area contributed by atoms with Crippen molar-refractivity contribution in [3.63, 3.8) is 0 Å². The molecule has 1 heterocycles. The number of hydrogen-bond donors (Lipinski definition) is 2. The molecule has 0 radical (unpaired) electrons. The lowest BCUT2D eigenvalue weighted by molar-refractivity contribution is 0.287. The monoisotopic (exact) mass is 234 g/mol. The summed E-state index contributed by atoms with van der Waals surface area (Å²) in [6.45, 7) is 0.0877.